The highest BCUT2D eigenvalue weighted by atomic mass is 35.5. The average Bonchev–Trinajstić information content (AvgIpc) is 2.94. The Morgan fingerprint density at radius 2 is 2.24 bits per heavy atom. The van der Waals surface area contributed by atoms with Crippen LogP contribution in [0.5, 0.6) is 0 Å². The maximum atomic E-state index is 12.2. The largest absolute Gasteiger partial charge is 0.321 e. The van der Waals surface area contributed by atoms with Gasteiger partial charge in [-0.2, -0.15) is 5.26 Å². The highest BCUT2D eigenvalue weighted by Gasteiger charge is 2.11. The minimum Gasteiger partial charge on any atom is -0.321 e. The van der Waals surface area contributed by atoms with E-state index < -0.39 is 0 Å². The van der Waals surface area contributed by atoms with Crippen LogP contribution in [-0.4, -0.2) is 12.5 Å². The van der Waals surface area contributed by atoms with Crippen molar-refractivity contribution >= 4 is 34.5 Å². The second-order valence-corrected chi connectivity index (χ2v) is 5.31. The zero-order valence-electron chi connectivity index (χ0n) is 10.8. The molecule has 0 fully saturated rings. The maximum Gasteiger partial charge on any atom is 0.256 e. The summed E-state index contributed by atoms with van der Waals surface area (Å²) in [4.78, 5) is 12.9. The van der Waals surface area contributed by atoms with Gasteiger partial charge in [-0.1, -0.05) is 23.4 Å². The average molecular weight is 316 g/mol. The lowest BCUT2D eigenvalue weighted by molar-refractivity contribution is 0.102. The van der Waals surface area contributed by atoms with Crippen LogP contribution in [0.1, 0.15) is 20.8 Å². The molecule has 1 aromatic carbocycles. The lowest BCUT2D eigenvalue weighted by Crippen LogP contribution is -2.11. The summed E-state index contributed by atoms with van der Waals surface area (Å²) in [6, 6.07) is 8.38. The van der Waals surface area contributed by atoms with E-state index in [1.165, 1.54) is 11.3 Å². The molecule has 0 aliphatic carbocycles. The van der Waals surface area contributed by atoms with Gasteiger partial charge in [0, 0.05) is 10.4 Å². The van der Waals surface area contributed by atoms with Gasteiger partial charge in [0.05, 0.1) is 28.2 Å². The van der Waals surface area contributed by atoms with Gasteiger partial charge in [0.25, 0.3) is 5.91 Å². The molecule has 1 heterocycles. The maximum absolute atomic E-state index is 12.2. The van der Waals surface area contributed by atoms with E-state index in [1.807, 2.05) is 6.07 Å². The van der Waals surface area contributed by atoms with Gasteiger partial charge >= 0.3 is 0 Å². The Morgan fingerprint density at radius 3 is 2.95 bits per heavy atom. The number of nitrogens with zero attached hydrogens (tertiary/aromatic N) is 1. The molecule has 0 aliphatic heterocycles. The molecule has 0 saturated carbocycles. The molecule has 2 rings (SSSR count). The van der Waals surface area contributed by atoms with Crippen molar-refractivity contribution < 1.29 is 4.79 Å². The van der Waals surface area contributed by atoms with Gasteiger partial charge in [-0.3, -0.25) is 4.79 Å². The van der Waals surface area contributed by atoms with E-state index in [2.05, 4.69) is 17.2 Å². The number of nitrogens with two attached hydrogens (primary N) is 1. The summed E-state index contributed by atoms with van der Waals surface area (Å²) in [5, 5.41) is 13.8. The first kappa shape index (κ1) is 15.1. The van der Waals surface area contributed by atoms with Crippen molar-refractivity contribution in [3.8, 4) is 17.9 Å². The number of rotatable bonds is 2. The molecule has 0 aliphatic rings. The third-order valence-corrected chi connectivity index (χ3v) is 3.61. The molecular weight excluding hydrogens is 306 g/mol. The number of hydrogen-bond donors (Lipinski definition) is 2. The summed E-state index contributed by atoms with van der Waals surface area (Å²) < 4.78 is 0. The standard InChI is InChI=1S/C15H10ClN3OS/c16-12-4-3-10(8-18)14(7-12)19-15(20)11-6-13(21-9-11)2-1-5-17/h3-4,6-7,9H,5,17H2,(H,19,20). The van der Waals surface area contributed by atoms with Crippen LogP contribution in [0, 0.1) is 23.2 Å². The summed E-state index contributed by atoms with van der Waals surface area (Å²) in [7, 11) is 0. The van der Waals surface area contributed by atoms with Crippen LogP contribution in [0.3, 0.4) is 0 Å². The highest BCUT2D eigenvalue weighted by Crippen LogP contribution is 2.22. The fraction of sp³-hybridized carbons (Fsp3) is 0.0667. The van der Waals surface area contributed by atoms with Crippen molar-refractivity contribution in [1.82, 2.24) is 0 Å². The lowest BCUT2D eigenvalue weighted by atomic mass is 10.2. The molecule has 21 heavy (non-hydrogen) atoms. The Kier molecular flexibility index (Phi) is 4.97. The van der Waals surface area contributed by atoms with Crippen LogP contribution in [-0.2, 0) is 0 Å². The van der Waals surface area contributed by atoms with Gasteiger partial charge in [0.2, 0.25) is 0 Å². The fourth-order valence-electron chi connectivity index (χ4n) is 1.57. The van der Waals surface area contributed by atoms with E-state index in [9.17, 15) is 4.79 Å². The van der Waals surface area contributed by atoms with E-state index in [0.717, 1.165) is 4.88 Å². The predicted octanol–water partition coefficient (Wildman–Crippen LogP) is 2.84. The number of halogens is 1. The Hall–Kier alpha value is -2.31. The van der Waals surface area contributed by atoms with E-state index in [-0.39, 0.29) is 12.5 Å². The summed E-state index contributed by atoms with van der Waals surface area (Å²) in [6.45, 7) is 0.271. The minimum absolute atomic E-state index is 0.271. The third kappa shape index (κ3) is 3.84. The molecule has 0 spiro atoms. The highest BCUT2D eigenvalue weighted by molar-refractivity contribution is 7.10. The van der Waals surface area contributed by atoms with Gasteiger partial charge in [0.1, 0.15) is 6.07 Å². The Bertz CT molecular complexity index is 780. The number of nitriles is 1. The summed E-state index contributed by atoms with van der Waals surface area (Å²) in [5.41, 5.74) is 6.51. The molecular formula is C15H10ClN3OS. The first-order chi connectivity index (χ1) is 10.1. The molecule has 1 aromatic heterocycles. The molecule has 6 heteroatoms. The van der Waals surface area contributed by atoms with Crippen molar-refractivity contribution in [2.45, 2.75) is 0 Å². The van der Waals surface area contributed by atoms with Crippen LogP contribution in [0.4, 0.5) is 5.69 Å². The van der Waals surface area contributed by atoms with Crippen LogP contribution < -0.4 is 11.1 Å². The van der Waals surface area contributed by atoms with Crippen LogP contribution in [0.2, 0.25) is 5.02 Å². The summed E-state index contributed by atoms with van der Waals surface area (Å²) >= 11 is 7.24. The SMILES string of the molecule is N#Cc1ccc(Cl)cc1NC(=O)c1csc(C#CCN)c1. The smallest absolute Gasteiger partial charge is 0.256 e. The van der Waals surface area contributed by atoms with E-state index >= 15 is 0 Å². The predicted molar refractivity (Wildman–Crippen MR) is 84.4 cm³/mol. The normalized spacial score (nSPS) is 9.38. The summed E-state index contributed by atoms with van der Waals surface area (Å²) in [5.74, 6) is 5.28. The van der Waals surface area contributed by atoms with Gasteiger partial charge < -0.3 is 11.1 Å². The number of anilines is 1. The second kappa shape index (κ2) is 6.92. The van der Waals surface area contributed by atoms with Crippen molar-refractivity contribution in [3.63, 3.8) is 0 Å². The first-order valence-corrected chi connectivity index (χ1v) is 7.18. The molecule has 4 nitrogen and oxygen atoms in total. The number of hydrogen-bond acceptors (Lipinski definition) is 4. The topological polar surface area (TPSA) is 78.9 Å². The molecule has 3 N–H and O–H groups in total. The second-order valence-electron chi connectivity index (χ2n) is 3.96. The fourth-order valence-corrected chi connectivity index (χ4v) is 2.50. The first-order valence-electron chi connectivity index (χ1n) is 5.92. The van der Waals surface area contributed by atoms with Crippen molar-refractivity contribution in [3.05, 3.63) is 50.7 Å². The lowest BCUT2D eigenvalue weighted by Gasteiger charge is -2.06. The third-order valence-electron chi connectivity index (χ3n) is 2.53. The number of carbonyl (C=O) groups is 1. The Balaban J connectivity index is 2.20. The van der Waals surface area contributed by atoms with Crippen molar-refractivity contribution in [2.24, 2.45) is 5.73 Å². The van der Waals surface area contributed by atoms with Crippen LogP contribution in [0.25, 0.3) is 0 Å². The van der Waals surface area contributed by atoms with Gasteiger partial charge in [-0.15, -0.1) is 11.3 Å². The molecule has 0 atom stereocenters. The van der Waals surface area contributed by atoms with Gasteiger partial charge in [0.15, 0.2) is 0 Å². The molecule has 2 aromatic rings. The van der Waals surface area contributed by atoms with Crippen LogP contribution in [0.15, 0.2) is 29.6 Å². The van der Waals surface area contributed by atoms with Crippen LogP contribution >= 0.6 is 22.9 Å². The minimum atomic E-state index is -0.314. The van der Waals surface area contributed by atoms with Gasteiger partial charge in [-0.25, -0.2) is 0 Å². The van der Waals surface area contributed by atoms with Crippen molar-refractivity contribution in [1.29, 1.82) is 5.26 Å². The molecule has 104 valence electrons. The monoisotopic (exact) mass is 315 g/mol. The number of carbonyl (C=O) groups excluding carboxylic acids is 1. The van der Waals surface area contributed by atoms with Crippen molar-refractivity contribution in [2.75, 3.05) is 11.9 Å². The number of amides is 1. The molecule has 1 amide bonds. The van der Waals surface area contributed by atoms with E-state index in [1.54, 1.807) is 29.6 Å². The zero-order chi connectivity index (χ0) is 15.2. The Labute approximate surface area is 131 Å². The zero-order valence-corrected chi connectivity index (χ0v) is 12.4. The van der Waals surface area contributed by atoms with E-state index in [0.29, 0.717) is 21.8 Å². The number of nitrogens with one attached hydrogen (secondary N) is 1. The molecule has 0 unspecified atom stereocenters. The molecule has 0 radical (unpaired) electrons. The van der Waals surface area contributed by atoms with E-state index in [4.69, 9.17) is 22.6 Å². The number of benzene rings is 1. The van der Waals surface area contributed by atoms with Gasteiger partial charge in [-0.05, 0) is 24.3 Å². The number of thiophene rings is 1. The summed E-state index contributed by atoms with van der Waals surface area (Å²) in [6.07, 6.45) is 0. The quantitative estimate of drug-likeness (QED) is 0.836. The molecule has 0 bridgehead atoms. The Morgan fingerprint density at radius 1 is 1.43 bits per heavy atom. The molecule has 0 saturated heterocycles.